The second kappa shape index (κ2) is 3.33. The van der Waals surface area contributed by atoms with Gasteiger partial charge < -0.3 is 10.2 Å². The molecule has 1 aromatic heterocycles. The summed E-state index contributed by atoms with van der Waals surface area (Å²) in [5, 5.41) is 0.786. The molecule has 90 valence electrons. The third kappa shape index (κ3) is 1.75. The Bertz CT molecular complexity index is 573. The standard InChI is InChI=1S/C14H16FNO/c1-14(2)7-10(14)13(16)12-6-8-5-9(15)3-4-11(8)17-12/h3-6,10,13H,7,16H2,1-2H3. The van der Waals surface area contributed by atoms with Gasteiger partial charge in [0.25, 0.3) is 0 Å². The molecule has 0 aliphatic heterocycles. The highest BCUT2D eigenvalue weighted by Gasteiger charge is 2.50. The second-order valence-electron chi connectivity index (χ2n) is 5.66. The van der Waals surface area contributed by atoms with E-state index >= 15 is 0 Å². The van der Waals surface area contributed by atoms with Crippen LogP contribution in [0.2, 0.25) is 0 Å². The molecule has 0 bridgehead atoms. The van der Waals surface area contributed by atoms with Gasteiger partial charge >= 0.3 is 0 Å². The lowest BCUT2D eigenvalue weighted by atomic mass is 10.0. The van der Waals surface area contributed by atoms with Gasteiger partial charge in [0.05, 0.1) is 6.04 Å². The van der Waals surface area contributed by atoms with E-state index in [1.807, 2.05) is 6.07 Å². The summed E-state index contributed by atoms with van der Waals surface area (Å²) >= 11 is 0. The van der Waals surface area contributed by atoms with E-state index < -0.39 is 0 Å². The minimum absolute atomic E-state index is 0.0829. The van der Waals surface area contributed by atoms with Crippen LogP contribution in [0, 0.1) is 17.2 Å². The third-order valence-electron chi connectivity index (χ3n) is 3.85. The number of fused-ring (bicyclic) bond motifs is 1. The summed E-state index contributed by atoms with van der Waals surface area (Å²) in [5.74, 6) is 0.985. The number of hydrogen-bond acceptors (Lipinski definition) is 2. The Morgan fingerprint density at radius 1 is 1.41 bits per heavy atom. The molecule has 3 heteroatoms. The first-order valence-electron chi connectivity index (χ1n) is 5.92. The smallest absolute Gasteiger partial charge is 0.134 e. The predicted octanol–water partition coefficient (Wildman–Crippen LogP) is 3.62. The highest BCUT2D eigenvalue weighted by Crippen LogP contribution is 2.57. The van der Waals surface area contributed by atoms with Crippen molar-refractivity contribution in [2.24, 2.45) is 17.1 Å². The molecule has 2 N–H and O–H groups in total. The Kier molecular flexibility index (Phi) is 2.11. The quantitative estimate of drug-likeness (QED) is 0.860. The summed E-state index contributed by atoms with van der Waals surface area (Å²) in [4.78, 5) is 0. The fourth-order valence-electron chi connectivity index (χ4n) is 2.52. The lowest BCUT2D eigenvalue weighted by molar-refractivity contribution is 0.420. The van der Waals surface area contributed by atoms with Crippen molar-refractivity contribution in [2.75, 3.05) is 0 Å². The van der Waals surface area contributed by atoms with Gasteiger partial charge in [-0.05, 0) is 42.0 Å². The topological polar surface area (TPSA) is 39.2 Å². The molecule has 2 nitrogen and oxygen atoms in total. The number of nitrogens with two attached hydrogens (primary N) is 1. The van der Waals surface area contributed by atoms with Crippen molar-refractivity contribution in [2.45, 2.75) is 26.3 Å². The third-order valence-corrected chi connectivity index (χ3v) is 3.85. The van der Waals surface area contributed by atoms with E-state index in [2.05, 4.69) is 13.8 Å². The van der Waals surface area contributed by atoms with Gasteiger partial charge in [0.15, 0.2) is 0 Å². The zero-order chi connectivity index (χ0) is 12.2. The van der Waals surface area contributed by atoms with Gasteiger partial charge in [-0.2, -0.15) is 0 Å². The molecule has 1 aliphatic rings. The van der Waals surface area contributed by atoms with Gasteiger partial charge in [-0.25, -0.2) is 4.39 Å². The zero-order valence-corrected chi connectivity index (χ0v) is 10.0. The van der Waals surface area contributed by atoms with Gasteiger partial charge in [-0.3, -0.25) is 0 Å². The zero-order valence-electron chi connectivity index (χ0n) is 10.0. The minimum atomic E-state index is -0.245. The van der Waals surface area contributed by atoms with Crippen molar-refractivity contribution in [1.29, 1.82) is 0 Å². The molecule has 17 heavy (non-hydrogen) atoms. The second-order valence-corrected chi connectivity index (χ2v) is 5.66. The van der Waals surface area contributed by atoms with Crippen LogP contribution in [0.5, 0.6) is 0 Å². The van der Waals surface area contributed by atoms with Gasteiger partial charge in [0.2, 0.25) is 0 Å². The average molecular weight is 233 g/mol. The van der Waals surface area contributed by atoms with Crippen molar-refractivity contribution < 1.29 is 8.81 Å². The normalized spacial score (nSPS) is 23.9. The predicted molar refractivity (Wildman–Crippen MR) is 65.0 cm³/mol. The lowest BCUT2D eigenvalue weighted by Gasteiger charge is -2.09. The molecular formula is C14H16FNO. The average Bonchev–Trinajstić information content (AvgIpc) is 2.73. The summed E-state index contributed by atoms with van der Waals surface area (Å²) < 4.78 is 18.8. The molecule has 2 aromatic rings. The van der Waals surface area contributed by atoms with Crippen LogP contribution in [-0.2, 0) is 0 Å². The van der Waals surface area contributed by atoms with Crippen LogP contribution in [0.25, 0.3) is 11.0 Å². The van der Waals surface area contributed by atoms with Crippen LogP contribution in [0.15, 0.2) is 28.7 Å². The molecule has 0 amide bonds. The van der Waals surface area contributed by atoms with Crippen LogP contribution in [0.3, 0.4) is 0 Å². The number of furan rings is 1. The highest BCUT2D eigenvalue weighted by molar-refractivity contribution is 5.78. The van der Waals surface area contributed by atoms with Crippen LogP contribution in [0.1, 0.15) is 32.1 Å². The summed E-state index contributed by atoms with van der Waals surface area (Å²) in [5.41, 5.74) is 7.20. The molecule has 1 heterocycles. The van der Waals surface area contributed by atoms with Gasteiger partial charge in [0.1, 0.15) is 17.2 Å². The fourth-order valence-corrected chi connectivity index (χ4v) is 2.52. The van der Waals surface area contributed by atoms with Crippen LogP contribution in [0.4, 0.5) is 4.39 Å². The van der Waals surface area contributed by atoms with Crippen LogP contribution >= 0.6 is 0 Å². The van der Waals surface area contributed by atoms with Crippen molar-refractivity contribution in [3.63, 3.8) is 0 Å². The molecule has 2 unspecified atom stereocenters. The van der Waals surface area contributed by atoms with Crippen molar-refractivity contribution in [3.8, 4) is 0 Å². The van der Waals surface area contributed by atoms with Crippen molar-refractivity contribution in [1.82, 2.24) is 0 Å². The monoisotopic (exact) mass is 233 g/mol. The molecule has 1 fully saturated rings. The molecule has 0 saturated heterocycles. The Morgan fingerprint density at radius 2 is 2.12 bits per heavy atom. The first-order chi connectivity index (χ1) is 7.97. The Hall–Kier alpha value is -1.35. The fraction of sp³-hybridized carbons (Fsp3) is 0.429. The number of rotatable bonds is 2. The maximum Gasteiger partial charge on any atom is 0.134 e. The van der Waals surface area contributed by atoms with Gasteiger partial charge in [-0.15, -0.1) is 0 Å². The van der Waals surface area contributed by atoms with E-state index in [1.54, 1.807) is 6.07 Å². The van der Waals surface area contributed by atoms with E-state index in [0.717, 1.165) is 17.6 Å². The SMILES string of the molecule is CC1(C)CC1C(N)c1cc2cc(F)ccc2o1. The van der Waals surface area contributed by atoms with E-state index in [0.29, 0.717) is 16.9 Å². The first-order valence-corrected chi connectivity index (χ1v) is 5.92. The Labute approximate surface area is 99.6 Å². The summed E-state index contributed by atoms with van der Waals surface area (Å²) in [7, 11) is 0. The summed E-state index contributed by atoms with van der Waals surface area (Å²) in [6.07, 6.45) is 1.12. The number of halogens is 1. The van der Waals surface area contributed by atoms with Crippen LogP contribution < -0.4 is 5.73 Å². The highest BCUT2D eigenvalue weighted by atomic mass is 19.1. The maximum absolute atomic E-state index is 13.1. The first kappa shape index (κ1) is 10.8. The summed E-state index contributed by atoms with van der Waals surface area (Å²) in [6, 6.07) is 6.31. The largest absolute Gasteiger partial charge is 0.459 e. The van der Waals surface area contributed by atoms with E-state index in [4.69, 9.17) is 10.2 Å². The molecule has 1 aliphatic carbocycles. The van der Waals surface area contributed by atoms with E-state index in [9.17, 15) is 4.39 Å². The van der Waals surface area contributed by atoms with Crippen molar-refractivity contribution in [3.05, 3.63) is 35.8 Å². The van der Waals surface area contributed by atoms with E-state index in [-0.39, 0.29) is 11.9 Å². The molecule has 1 saturated carbocycles. The molecule has 3 rings (SSSR count). The maximum atomic E-state index is 13.1. The molecular weight excluding hydrogens is 217 g/mol. The van der Waals surface area contributed by atoms with E-state index in [1.165, 1.54) is 12.1 Å². The number of hydrogen-bond donors (Lipinski definition) is 1. The summed E-state index contributed by atoms with van der Waals surface area (Å²) in [6.45, 7) is 4.42. The van der Waals surface area contributed by atoms with Crippen molar-refractivity contribution >= 4 is 11.0 Å². The Morgan fingerprint density at radius 3 is 2.76 bits per heavy atom. The minimum Gasteiger partial charge on any atom is -0.459 e. The van der Waals surface area contributed by atoms with Crippen LogP contribution in [-0.4, -0.2) is 0 Å². The molecule has 0 spiro atoms. The Balaban J connectivity index is 1.96. The number of benzene rings is 1. The van der Waals surface area contributed by atoms with Gasteiger partial charge in [0, 0.05) is 5.39 Å². The molecule has 0 radical (unpaired) electrons. The molecule has 2 atom stereocenters. The van der Waals surface area contributed by atoms with Gasteiger partial charge in [-0.1, -0.05) is 13.8 Å². The molecule has 1 aromatic carbocycles. The lowest BCUT2D eigenvalue weighted by Crippen LogP contribution is -2.14.